The van der Waals surface area contributed by atoms with Crippen LogP contribution in [0.4, 0.5) is 0 Å². The van der Waals surface area contributed by atoms with E-state index >= 15 is 0 Å². The molecule has 1 heteroatoms. The molecule has 0 bridgehead atoms. The fraction of sp³-hybridized carbons (Fsp3) is 0.235. The van der Waals surface area contributed by atoms with Gasteiger partial charge < -0.3 is 0 Å². The highest BCUT2D eigenvalue weighted by Crippen LogP contribution is 2.28. The Kier molecular flexibility index (Phi) is 3.33. The maximum absolute atomic E-state index is 11.8. The summed E-state index contributed by atoms with van der Waals surface area (Å²) in [7, 11) is 0. The van der Waals surface area contributed by atoms with E-state index in [4.69, 9.17) is 0 Å². The van der Waals surface area contributed by atoms with Gasteiger partial charge in [-0.05, 0) is 50.5 Å². The van der Waals surface area contributed by atoms with E-state index in [1.807, 2.05) is 19.1 Å². The number of rotatable bonds is 2. The van der Waals surface area contributed by atoms with Gasteiger partial charge >= 0.3 is 0 Å². The Balaban J connectivity index is 2.67. The molecule has 0 spiro atoms. The van der Waals surface area contributed by atoms with Crippen LogP contribution >= 0.6 is 0 Å². The molecule has 2 aromatic carbocycles. The van der Waals surface area contributed by atoms with Gasteiger partial charge in [-0.15, -0.1) is 0 Å². The van der Waals surface area contributed by atoms with Crippen molar-refractivity contribution in [2.75, 3.05) is 0 Å². The van der Waals surface area contributed by atoms with Gasteiger partial charge in [-0.1, -0.05) is 41.5 Å². The zero-order valence-electron chi connectivity index (χ0n) is 11.4. The van der Waals surface area contributed by atoms with Gasteiger partial charge in [0.2, 0.25) is 0 Å². The molecular weight excluding hydrogens is 220 g/mol. The summed E-state index contributed by atoms with van der Waals surface area (Å²) in [5, 5.41) is 0. The summed E-state index contributed by atoms with van der Waals surface area (Å²) in [6.07, 6.45) is 0. The zero-order valence-corrected chi connectivity index (χ0v) is 11.4. The largest absolute Gasteiger partial charge is 0.294 e. The molecule has 0 amide bonds. The lowest BCUT2D eigenvalue weighted by atomic mass is 9.92. The minimum Gasteiger partial charge on any atom is -0.294 e. The van der Waals surface area contributed by atoms with Crippen molar-refractivity contribution in [1.29, 1.82) is 0 Å². The van der Waals surface area contributed by atoms with Crippen molar-refractivity contribution in [2.24, 2.45) is 0 Å². The number of ketones is 1. The van der Waals surface area contributed by atoms with Crippen molar-refractivity contribution in [3.8, 4) is 11.1 Å². The number of carbonyl (C=O) groups is 1. The average Bonchev–Trinajstić information content (AvgIpc) is 2.29. The molecule has 0 aromatic heterocycles. The SMILES string of the molecule is CC(=O)c1cc(C)ccc1-c1ccc(C)cc1C. The second-order valence-corrected chi connectivity index (χ2v) is 4.92. The number of carbonyl (C=O) groups excluding carboxylic acids is 1. The third-order valence-electron chi connectivity index (χ3n) is 3.23. The van der Waals surface area contributed by atoms with Crippen LogP contribution in [0.25, 0.3) is 11.1 Å². The molecule has 92 valence electrons. The predicted octanol–water partition coefficient (Wildman–Crippen LogP) is 4.48. The van der Waals surface area contributed by atoms with Crippen LogP contribution in [-0.4, -0.2) is 5.78 Å². The van der Waals surface area contributed by atoms with E-state index in [9.17, 15) is 4.79 Å². The third kappa shape index (κ3) is 2.35. The molecular formula is C17H18O. The smallest absolute Gasteiger partial charge is 0.160 e. The Labute approximate surface area is 108 Å². The first kappa shape index (κ1) is 12.6. The first-order chi connectivity index (χ1) is 8.49. The van der Waals surface area contributed by atoms with Gasteiger partial charge in [-0.25, -0.2) is 0 Å². The van der Waals surface area contributed by atoms with Gasteiger partial charge in [0, 0.05) is 5.56 Å². The van der Waals surface area contributed by atoms with Gasteiger partial charge in [0.15, 0.2) is 5.78 Å². The molecule has 0 aliphatic carbocycles. The molecule has 18 heavy (non-hydrogen) atoms. The molecule has 0 heterocycles. The molecule has 0 unspecified atom stereocenters. The first-order valence-corrected chi connectivity index (χ1v) is 6.18. The molecule has 0 saturated heterocycles. The molecule has 0 aliphatic heterocycles. The standard InChI is InChI=1S/C17H18O/c1-11-5-7-15(13(3)9-11)16-8-6-12(2)10-17(16)14(4)18/h5-10H,1-4H3. The minimum atomic E-state index is 0.119. The maximum atomic E-state index is 11.8. The van der Waals surface area contributed by atoms with E-state index in [0.29, 0.717) is 0 Å². The van der Waals surface area contributed by atoms with Crippen molar-refractivity contribution < 1.29 is 4.79 Å². The van der Waals surface area contributed by atoms with Gasteiger partial charge in [-0.2, -0.15) is 0 Å². The van der Waals surface area contributed by atoms with Crippen LogP contribution in [-0.2, 0) is 0 Å². The van der Waals surface area contributed by atoms with Crippen LogP contribution in [0.15, 0.2) is 36.4 Å². The first-order valence-electron chi connectivity index (χ1n) is 6.18. The maximum Gasteiger partial charge on any atom is 0.160 e. The molecule has 0 saturated carbocycles. The van der Waals surface area contributed by atoms with E-state index < -0.39 is 0 Å². The highest BCUT2D eigenvalue weighted by atomic mass is 16.1. The lowest BCUT2D eigenvalue weighted by molar-refractivity contribution is 0.101. The van der Waals surface area contributed by atoms with E-state index in [2.05, 4.69) is 38.1 Å². The summed E-state index contributed by atoms with van der Waals surface area (Å²) in [6, 6.07) is 12.4. The third-order valence-corrected chi connectivity index (χ3v) is 3.23. The number of hydrogen-bond donors (Lipinski definition) is 0. The van der Waals surface area contributed by atoms with E-state index in [1.54, 1.807) is 6.92 Å². The van der Waals surface area contributed by atoms with Gasteiger partial charge in [-0.3, -0.25) is 4.79 Å². The minimum absolute atomic E-state index is 0.119. The van der Waals surface area contributed by atoms with Gasteiger partial charge in [0.1, 0.15) is 0 Å². The fourth-order valence-corrected chi connectivity index (χ4v) is 2.30. The van der Waals surface area contributed by atoms with Gasteiger partial charge in [0.25, 0.3) is 0 Å². The molecule has 0 atom stereocenters. The quantitative estimate of drug-likeness (QED) is 0.705. The number of aryl methyl sites for hydroxylation is 3. The zero-order chi connectivity index (χ0) is 13.3. The average molecular weight is 238 g/mol. The van der Waals surface area contributed by atoms with Crippen molar-refractivity contribution in [2.45, 2.75) is 27.7 Å². The lowest BCUT2D eigenvalue weighted by Crippen LogP contribution is -1.98. The molecule has 0 fully saturated rings. The fourth-order valence-electron chi connectivity index (χ4n) is 2.30. The van der Waals surface area contributed by atoms with Crippen LogP contribution in [0.2, 0.25) is 0 Å². The summed E-state index contributed by atoms with van der Waals surface area (Å²) in [6.45, 7) is 7.81. The van der Waals surface area contributed by atoms with Crippen LogP contribution in [0, 0.1) is 20.8 Å². The number of benzene rings is 2. The molecule has 0 aliphatic rings. The molecule has 0 N–H and O–H groups in total. The van der Waals surface area contributed by atoms with E-state index in [0.717, 1.165) is 22.3 Å². The summed E-state index contributed by atoms with van der Waals surface area (Å²) in [4.78, 5) is 11.8. The molecule has 1 nitrogen and oxygen atoms in total. The van der Waals surface area contributed by atoms with Crippen LogP contribution in [0.1, 0.15) is 34.0 Å². The topological polar surface area (TPSA) is 17.1 Å². The van der Waals surface area contributed by atoms with Crippen molar-refractivity contribution >= 4 is 5.78 Å². The molecule has 2 aromatic rings. The van der Waals surface area contributed by atoms with Crippen molar-refractivity contribution in [1.82, 2.24) is 0 Å². The second-order valence-electron chi connectivity index (χ2n) is 4.92. The molecule has 2 rings (SSSR count). The summed E-state index contributed by atoms with van der Waals surface area (Å²) in [5.41, 5.74) is 6.56. The summed E-state index contributed by atoms with van der Waals surface area (Å²) >= 11 is 0. The highest BCUT2D eigenvalue weighted by molar-refractivity contribution is 6.01. The normalized spacial score (nSPS) is 10.4. The Bertz CT molecular complexity index is 609. The Morgan fingerprint density at radius 1 is 0.833 bits per heavy atom. The Morgan fingerprint density at radius 3 is 1.94 bits per heavy atom. The van der Waals surface area contributed by atoms with Crippen LogP contribution in [0.5, 0.6) is 0 Å². The monoisotopic (exact) mass is 238 g/mol. The highest BCUT2D eigenvalue weighted by Gasteiger charge is 2.11. The summed E-state index contributed by atoms with van der Waals surface area (Å²) in [5.74, 6) is 0.119. The molecule has 0 radical (unpaired) electrons. The lowest BCUT2D eigenvalue weighted by Gasteiger charge is -2.11. The van der Waals surface area contributed by atoms with Crippen LogP contribution < -0.4 is 0 Å². The van der Waals surface area contributed by atoms with Crippen LogP contribution in [0.3, 0.4) is 0 Å². The van der Waals surface area contributed by atoms with Crippen molar-refractivity contribution in [3.63, 3.8) is 0 Å². The second kappa shape index (κ2) is 4.77. The van der Waals surface area contributed by atoms with E-state index in [-0.39, 0.29) is 5.78 Å². The van der Waals surface area contributed by atoms with Crippen molar-refractivity contribution in [3.05, 3.63) is 58.7 Å². The number of hydrogen-bond acceptors (Lipinski definition) is 1. The van der Waals surface area contributed by atoms with Gasteiger partial charge in [0.05, 0.1) is 0 Å². The summed E-state index contributed by atoms with van der Waals surface area (Å²) < 4.78 is 0. The Hall–Kier alpha value is -1.89. The predicted molar refractivity (Wildman–Crippen MR) is 76.1 cm³/mol. The van der Waals surface area contributed by atoms with E-state index in [1.165, 1.54) is 11.1 Å². The Morgan fingerprint density at radius 2 is 1.39 bits per heavy atom. The number of Topliss-reactive ketones (excluding diaryl/α,β-unsaturated/α-hetero) is 1.